The van der Waals surface area contributed by atoms with Gasteiger partial charge in [-0.15, -0.1) is 0 Å². The van der Waals surface area contributed by atoms with E-state index in [1.807, 2.05) is 20.8 Å². The van der Waals surface area contributed by atoms with E-state index in [1.54, 1.807) is 31.3 Å². The van der Waals surface area contributed by atoms with Gasteiger partial charge in [0.15, 0.2) is 0 Å². The minimum absolute atomic E-state index is 0.0197. The van der Waals surface area contributed by atoms with Crippen LogP contribution in [0.25, 0.3) is 0 Å². The van der Waals surface area contributed by atoms with Crippen LogP contribution in [0.3, 0.4) is 0 Å². The van der Waals surface area contributed by atoms with Crippen LogP contribution >= 0.6 is 0 Å². The Hall–Kier alpha value is -1.71. The maximum atomic E-state index is 11.9. The maximum absolute atomic E-state index is 11.9. The van der Waals surface area contributed by atoms with Gasteiger partial charge >= 0.3 is 11.9 Å². The molecule has 0 aromatic carbocycles. The molecule has 0 amide bonds. The lowest BCUT2D eigenvalue weighted by Gasteiger charge is -2.28. The zero-order valence-corrected chi connectivity index (χ0v) is 12.0. The number of hydrogen-bond donors (Lipinski definition) is 0. The number of pyridine rings is 1. The highest BCUT2D eigenvalue weighted by Crippen LogP contribution is 2.30. The Kier molecular flexibility index (Phi) is 5.21. The van der Waals surface area contributed by atoms with E-state index in [4.69, 9.17) is 4.74 Å². The molecule has 104 valence electrons. The van der Waals surface area contributed by atoms with Gasteiger partial charge in [0, 0.05) is 6.20 Å². The lowest BCUT2D eigenvalue weighted by molar-refractivity contribution is -0.164. The fraction of sp³-hybridized carbons (Fsp3) is 0.533. The van der Waals surface area contributed by atoms with Crippen LogP contribution in [0.5, 0.6) is 0 Å². The van der Waals surface area contributed by atoms with Gasteiger partial charge in [-0.3, -0.25) is 14.6 Å². The molecule has 4 nitrogen and oxygen atoms in total. The minimum Gasteiger partial charge on any atom is -0.393 e. The fourth-order valence-electron chi connectivity index (χ4n) is 1.51. The Morgan fingerprint density at radius 2 is 2.05 bits per heavy atom. The predicted molar refractivity (Wildman–Crippen MR) is 72.3 cm³/mol. The Bertz CT molecular complexity index is 440. The van der Waals surface area contributed by atoms with Crippen molar-refractivity contribution in [1.29, 1.82) is 0 Å². The summed E-state index contributed by atoms with van der Waals surface area (Å²) in [5.74, 6) is -1.33. The molecule has 1 aromatic rings. The summed E-state index contributed by atoms with van der Waals surface area (Å²) in [4.78, 5) is 27.6. The van der Waals surface area contributed by atoms with Crippen molar-refractivity contribution < 1.29 is 14.3 Å². The molecule has 0 radical (unpaired) electrons. The smallest absolute Gasteiger partial charge is 0.319 e. The zero-order valence-electron chi connectivity index (χ0n) is 12.0. The topological polar surface area (TPSA) is 56.3 Å². The third-order valence-corrected chi connectivity index (χ3v) is 3.70. The van der Waals surface area contributed by atoms with Crippen molar-refractivity contribution in [2.24, 2.45) is 11.3 Å². The standard InChI is InChI=1S/C15H21NO3/c1-5-15(3,4)11(2)14(18)19-13(17)10-12-8-6-7-9-16-12/h6-9,11H,5,10H2,1-4H3. The lowest BCUT2D eigenvalue weighted by Crippen LogP contribution is -2.31. The molecule has 1 rings (SSSR count). The first-order valence-corrected chi connectivity index (χ1v) is 6.51. The maximum Gasteiger partial charge on any atom is 0.319 e. The first kappa shape index (κ1) is 15.3. The predicted octanol–water partition coefficient (Wildman–Crippen LogP) is 2.77. The SMILES string of the molecule is CCC(C)(C)C(C)C(=O)OC(=O)Cc1ccccn1. The number of hydrogen-bond acceptors (Lipinski definition) is 4. The molecule has 0 N–H and O–H groups in total. The van der Waals surface area contributed by atoms with Crippen molar-refractivity contribution in [2.45, 2.75) is 40.5 Å². The highest BCUT2D eigenvalue weighted by atomic mass is 16.6. The summed E-state index contributed by atoms with van der Waals surface area (Å²) in [5.41, 5.74) is 0.422. The van der Waals surface area contributed by atoms with Gasteiger partial charge in [-0.2, -0.15) is 0 Å². The molecule has 19 heavy (non-hydrogen) atoms. The van der Waals surface area contributed by atoms with Crippen LogP contribution in [0.15, 0.2) is 24.4 Å². The van der Waals surface area contributed by atoms with Crippen molar-refractivity contribution in [3.05, 3.63) is 30.1 Å². The monoisotopic (exact) mass is 263 g/mol. The Balaban J connectivity index is 2.56. The third kappa shape index (κ3) is 4.47. The highest BCUT2D eigenvalue weighted by molar-refractivity contribution is 5.87. The molecule has 0 bridgehead atoms. The van der Waals surface area contributed by atoms with E-state index < -0.39 is 11.9 Å². The van der Waals surface area contributed by atoms with Gasteiger partial charge in [-0.25, -0.2) is 0 Å². The number of ether oxygens (including phenoxy) is 1. The number of esters is 2. The minimum atomic E-state index is -0.553. The summed E-state index contributed by atoms with van der Waals surface area (Å²) < 4.78 is 4.89. The van der Waals surface area contributed by atoms with Gasteiger partial charge in [0.1, 0.15) is 0 Å². The normalized spacial score (nSPS) is 12.8. The lowest BCUT2D eigenvalue weighted by atomic mass is 9.78. The molecule has 4 heteroatoms. The third-order valence-electron chi connectivity index (χ3n) is 3.70. The molecule has 1 aromatic heterocycles. The molecule has 1 heterocycles. The van der Waals surface area contributed by atoms with Crippen LogP contribution in [-0.2, 0) is 20.7 Å². The summed E-state index contributed by atoms with van der Waals surface area (Å²) in [7, 11) is 0. The summed E-state index contributed by atoms with van der Waals surface area (Å²) in [6, 6.07) is 5.29. The molecule has 0 aliphatic carbocycles. The molecule has 0 spiro atoms. The zero-order chi connectivity index (χ0) is 14.5. The van der Waals surface area contributed by atoms with E-state index in [0.717, 1.165) is 6.42 Å². The molecule has 0 saturated carbocycles. The number of carbonyl (C=O) groups excluding carboxylic acids is 2. The second-order valence-corrected chi connectivity index (χ2v) is 5.35. The van der Waals surface area contributed by atoms with E-state index >= 15 is 0 Å². The molecule has 1 unspecified atom stereocenters. The summed E-state index contributed by atoms with van der Waals surface area (Å²) in [6.07, 6.45) is 2.47. The first-order chi connectivity index (χ1) is 8.86. The van der Waals surface area contributed by atoms with Gasteiger partial charge in [0.2, 0.25) is 0 Å². The summed E-state index contributed by atoms with van der Waals surface area (Å²) >= 11 is 0. The number of aromatic nitrogens is 1. The van der Waals surface area contributed by atoms with E-state index in [2.05, 4.69) is 4.98 Å². The van der Waals surface area contributed by atoms with E-state index in [9.17, 15) is 9.59 Å². The highest BCUT2D eigenvalue weighted by Gasteiger charge is 2.32. The van der Waals surface area contributed by atoms with Crippen LogP contribution in [-0.4, -0.2) is 16.9 Å². The molecular weight excluding hydrogens is 242 g/mol. The average Bonchev–Trinajstić information content (AvgIpc) is 2.38. The van der Waals surface area contributed by atoms with Crippen LogP contribution in [0, 0.1) is 11.3 Å². The fourth-order valence-corrected chi connectivity index (χ4v) is 1.51. The van der Waals surface area contributed by atoms with Crippen molar-refractivity contribution in [3.8, 4) is 0 Å². The van der Waals surface area contributed by atoms with Crippen LogP contribution in [0.4, 0.5) is 0 Å². The van der Waals surface area contributed by atoms with Crippen molar-refractivity contribution in [2.75, 3.05) is 0 Å². The first-order valence-electron chi connectivity index (χ1n) is 6.51. The van der Waals surface area contributed by atoms with E-state index in [0.29, 0.717) is 5.69 Å². The second kappa shape index (κ2) is 6.45. The average molecular weight is 263 g/mol. The van der Waals surface area contributed by atoms with Gasteiger partial charge in [-0.1, -0.05) is 40.2 Å². The van der Waals surface area contributed by atoms with Gasteiger partial charge in [0.05, 0.1) is 18.0 Å². The molecule has 0 aliphatic rings. The van der Waals surface area contributed by atoms with Crippen molar-refractivity contribution >= 4 is 11.9 Å². The van der Waals surface area contributed by atoms with Crippen LogP contribution < -0.4 is 0 Å². The number of rotatable bonds is 5. The van der Waals surface area contributed by atoms with Gasteiger partial charge < -0.3 is 4.74 Å². The number of nitrogens with zero attached hydrogens (tertiary/aromatic N) is 1. The quantitative estimate of drug-likeness (QED) is 0.605. The molecular formula is C15H21NO3. The van der Waals surface area contributed by atoms with Crippen LogP contribution in [0.1, 0.15) is 39.8 Å². The largest absolute Gasteiger partial charge is 0.393 e. The van der Waals surface area contributed by atoms with E-state index in [-0.39, 0.29) is 17.8 Å². The molecule has 1 atom stereocenters. The van der Waals surface area contributed by atoms with Crippen molar-refractivity contribution in [1.82, 2.24) is 4.98 Å². The van der Waals surface area contributed by atoms with Crippen molar-refractivity contribution in [3.63, 3.8) is 0 Å². The summed E-state index contributed by atoms with van der Waals surface area (Å²) in [6.45, 7) is 7.78. The molecule has 0 aliphatic heterocycles. The molecule has 0 fully saturated rings. The Morgan fingerprint density at radius 3 is 2.58 bits per heavy atom. The second-order valence-electron chi connectivity index (χ2n) is 5.35. The Labute approximate surface area is 114 Å². The van der Waals surface area contributed by atoms with E-state index in [1.165, 1.54) is 0 Å². The van der Waals surface area contributed by atoms with Gasteiger partial charge in [-0.05, 0) is 17.5 Å². The molecule has 0 saturated heterocycles. The van der Waals surface area contributed by atoms with Gasteiger partial charge in [0.25, 0.3) is 0 Å². The summed E-state index contributed by atoms with van der Waals surface area (Å²) in [5, 5.41) is 0. The Morgan fingerprint density at radius 1 is 1.37 bits per heavy atom. The van der Waals surface area contributed by atoms with Crippen LogP contribution in [0.2, 0.25) is 0 Å². The number of carbonyl (C=O) groups is 2.